The van der Waals surface area contributed by atoms with Crippen LogP contribution in [0.3, 0.4) is 0 Å². The summed E-state index contributed by atoms with van der Waals surface area (Å²) >= 11 is 0. The Balaban J connectivity index is 1.88. The first-order valence-corrected chi connectivity index (χ1v) is 7.33. The molecule has 2 aromatic heterocycles. The zero-order chi connectivity index (χ0) is 15.5. The Bertz CT molecular complexity index is 655. The van der Waals surface area contributed by atoms with Crippen molar-refractivity contribution in [2.24, 2.45) is 0 Å². The highest BCUT2D eigenvalue weighted by molar-refractivity contribution is 5.92. The van der Waals surface area contributed by atoms with Gasteiger partial charge in [0, 0.05) is 56.8 Å². The predicted octanol–water partition coefficient (Wildman–Crippen LogP) is 1.08. The Labute approximate surface area is 128 Å². The van der Waals surface area contributed by atoms with Crippen LogP contribution in [0.2, 0.25) is 0 Å². The van der Waals surface area contributed by atoms with Crippen LogP contribution in [-0.2, 0) is 17.8 Å². The first-order chi connectivity index (χ1) is 10.7. The van der Waals surface area contributed by atoms with Gasteiger partial charge in [0.1, 0.15) is 5.69 Å². The van der Waals surface area contributed by atoms with Crippen molar-refractivity contribution in [3.05, 3.63) is 41.7 Å². The normalized spacial score (nSPS) is 17.4. The van der Waals surface area contributed by atoms with E-state index < -0.39 is 0 Å². The van der Waals surface area contributed by atoms with Crippen LogP contribution in [-0.4, -0.2) is 50.8 Å². The second-order valence-electron chi connectivity index (χ2n) is 5.32. The van der Waals surface area contributed by atoms with Gasteiger partial charge in [-0.3, -0.25) is 14.5 Å². The number of fused-ring (bicyclic) bond motifs is 1. The SMILES string of the molecule is CCn1cc2c(n1)[C@H](COC)CN(C(=O)c1cnccn1)C2. The number of hydrogen-bond acceptors (Lipinski definition) is 5. The highest BCUT2D eigenvalue weighted by Gasteiger charge is 2.31. The summed E-state index contributed by atoms with van der Waals surface area (Å²) in [4.78, 5) is 22.4. The lowest BCUT2D eigenvalue weighted by Gasteiger charge is -2.31. The lowest BCUT2D eigenvalue weighted by atomic mass is 9.97. The van der Waals surface area contributed by atoms with Gasteiger partial charge in [-0.2, -0.15) is 5.10 Å². The smallest absolute Gasteiger partial charge is 0.274 e. The van der Waals surface area contributed by atoms with Crippen molar-refractivity contribution in [3.63, 3.8) is 0 Å². The Morgan fingerprint density at radius 3 is 3.00 bits per heavy atom. The van der Waals surface area contributed by atoms with Crippen molar-refractivity contribution in [2.45, 2.75) is 25.9 Å². The average Bonchev–Trinajstić information content (AvgIpc) is 2.98. The van der Waals surface area contributed by atoms with Crippen molar-refractivity contribution in [1.82, 2.24) is 24.6 Å². The van der Waals surface area contributed by atoms with Crippen molar-refractivity contribution in [2.75, 3.05) is 20.3 Å². The van der Waals surface area contributed by atoms with E-state index in [0.717, 1.165) is 17.8 Å². The van der Waals surface area contributed by atoms with E-state index in [-0.39, 0.29) is 11.8 Å². The summed E-state index contributed by atoms with van der Waals surface area (Å²) < 4.78 is 7.21. The molecule has 0 N–H and O–H groups in total. The summed E-state index contributed by atoms with van der Waals surface area (Å²) in [7, 11) is 1.67. The van der Waals surface area contributed by atoms with E-state index in [1.165, 1.54) is 12.4 Å². The van der Waals surface area contributed by atoms with E-state index in [4.69, 9.17) is 4.74 Å². The van der Waals surface area contributed by atoms with Crippen molar-refractivity contribution in [1.29, 1.82) is 0 Å². The summed E-state index contributed by atoms with van der Waals surface area (Å²) in [6.07, 6.45) is 6.60. The molecule has 0 unspecified atom stereocenters. The third-order valence-electron chi connectivity index (χ3n) is 3.82. The summed E-state index contributed by atoms with van der Waals surface area (Å²) in [5.74, 6) is -0.0220. The number of aryl methyl sites for hydroxylation is 1. The fourth-order valence-electron chi connectivity index (χ4n) is 2.79. The number of aromatic nitrogens is 4. The minimum absolute atomic E-state index is 0.0853. The molecule has 0 spiro atoms. The number of carbonyl (C=O) groups excluding carboxylic acids is 1. The monoisotopic (exact) mass is 301 g/mol. The van der Waals surface area contributed by atoms with E-state index in [2.05, 4.69) is 15.1 Å². The molecule has 0 saturated carbocycles. The van der Waals surface area contributed by atoms with Gasteiger partial charge in [-0.15, -0.1) is 0 Å². The molecule has 0 fully saturated rings. The van der Waals surface area contributed by atoms with Gasteiger partial charge in [0.05, 0.1) is 18.5 Å². The first kappa shape index (κ1) is 14.6. The van der Waals surface area contributed by atoms with Crippen molar-refractivity contribution < 1.29 is 9.53 Å². The van der Waals surface area contributed by atoms with Gasteiger partial charge in [-0.25, -0.2) is 4.98 Å². The number of rotatable bonds is 4. The molecule has 1 atom stereocenters. The quantitative estimate of drug-likeness (QED) is 0.845. The Hall–Kier alpha value is -2.28. The third-order valence-corrected chi connectivity index (χ3v) is 3.82. The molecule has 7 heteroatoms. The molecule has 1 aliphatic heterocycles. The number of carbonyl (C=O) groups is 1. The van der Waals surface area contributed by atoms with Crippen LogP contribution in [0.15, 0.2) is 24.8 Å². The second-order valence-corrected chi connectivity index (χ2v) is 5.32. The molecule has 0 aliphatic carbocycles. The van der Waals surface area contributed by atoms with Gasteiger partial charge in [-0.05, 0) is 6.92 Å². The second kappa shape index (κ2) is 6.23. The van der Waals surface area contributed by atoms with Crippen LogP contribution in [0.25, 0.3) is 0 Å². The molecular formula is C15H19N5O2. The molecule has 0 bridgehead atoms. The van der Waals surface area contributed by atoms with E-state index in [1.807, 2.05) is 17.8 Å². The van der Waals surface area contributed by atoms with Gasteiger partial charge < -0.3 is 9.64 Å². The zero-order valence-corrected chi connectivity index (χ0v) is 12.8. The minimum Gasteiger partial charge on any atom is -0.384 e. The average molecular weight is 301 g/mol. The van der Waals surface area contributed by atoms with Gasteiger partial charge in [0.2, 0.25) is 0 Å². The zero-order valence-electron chi connectivity index (χ0n) is 12.8. The number of nitrogens with zero attached hydrogens (tertiary/aromatic N) is 5. The molecule has 116 valence electrons. The number of hydrogen-bond donors (Lipinski definition) is 0. The highest BCUT2D eigenvalue weighted by atomic mass is 16.5. The van der Waals surface area contributed by atoms with Crippen LogP contribution in [0, 0.1) is 0 Å². The van der Waals surface area contributed by atoms with Crippen molar-refractivity contribution in [3.8, 4) is 0 Å². The van der Waals surface area contributed by atoms with Crippen LogP contribution >= 0.6 is 0 Å². The lowest BCUT2D eigenvalue weighted by Crippen LogP contribution is -2.39. The molecule has 0 aromatic carbocycles. The maximum atomic E-state index is 12.6. The molecule has 2 aromatic rings. The van der Waals surface area contributed by atoms with Crippen LogP contribution < -0.4 is 0 Å². The summed E-state index contributed by atoms with van der Waals surface area (Å²) in [6, 6.07) is 0. The molecule has 7 nitrogen and oxygen atoms in total. The van der Waals surface area contributed by atoms with E-state index in [1.54, 1.807) is 18.2 Å². The predicted molar refractivity (Wildman–Crippen MR) is 79.3 cm³/mol. The molecule has 3 rings (SSSR count). The minimum atomic E-state index is -0.107. The Morgan fingerprint density at radius 1 is 1.45 bits per heavy atom. The van der Waals surface area contributed by atoms with Crippen LogP contribution in [0.4, 0.5) is 0 Å². The van der Waals surface area contributed by atoms with E-state index in [0.29, 0.717) is 25.4 Å². The van der Waals surface area contributed by atoms with Crippen LogP contribution in [0.1, 0.15) is 34.6 Å². The van der Waals surface area contributed by atoms with E-state index in [9.17, 15) is 4.79 Å². The Kier molecular flexibility index (Phi) is 4.15. The third kappa shape index (κ3) is 2.71. The van der Waals surface area contributed by atoms with Crippen molar-refractivity contribution >= 4 is 5.91 Å². The van der Waals surface area contributed by atoms with E-state index >= 15 is 0 Å². The molecule has 0 saturated heterocycles. The summed E-state index contributed by atoms with van der Waals surface area (Å²) in [5.41, 5.74) is 2.48. The fraction of sp³-hybridized carbons (Fsp3) is 0.467. The summed E-state index contributed by atoms with van der Waals surface area (Å²) in [5, 5.41) is 4.61. The summed E-state index contributed by atoms with van der Waals surface area (Å²) in [6.45, 7) is 4.52. The molecule has 1 aliphatic rings. The molecular weight excluding hydrogens is 282 g/mol. The maximum Gasteiger partial charge on any atom is 0.274 e. The first-order valence-electron chi connectivity index (χ1n) is 7.33. The number of ether oxygens (including phenoxy) is 1. The molecule has 1 amide bonds. The number of amides is 1. The fourth-order valence-corrected chi connectivity index (χ4v) is 2.79. The van der Waals surface area contributed by atoms with Gasteiger partial charge in [0.15, 0.2) is 0 Å². The molecule has 3 heterocycles. The van der Waals surface area contributed by atoms with Gasteiger partial charge in [0.25, 0.3) is 5.91 Å². The topological polar surface area (TPSA) is 73.1 Å². The van der Waals surface area contributed by atoms with Crippen LogP contribution in [0.5, 0.6) is 0 Å². The standard InChI is InChI=1S/C15H19N5O2/c1-3-20-9-11-7-19(8-12(10-22-2)14(11)18-20)15(21)13-6-16-4-5-17-13/h4-6,9,12H,3,7-8,10H2,1-2H3/t12-/m0/s1. The van der Waals surface area contributed by atoms with Gasteiger partial charge >= 0.3 is 0 Å². The largest absolute Gasteiger partial charge is 0.384 e. The highest BCUT2D eigenvalue weighted by Crippen LogP contribution is 2.28. The van der Waals surface area contributed by atoms with Gasteiger partial charge in [-0.1, -0.05) is 0 Å². The molecule has 0 radical (unpaired) electrons. The Morgan fingerprint density at radius 2 is 2.32 bits per heavy atom. The number of methoxy groups -OCH3 is 1. The molecule has 22 heavy (non-hydrogen) atoms. The maximum absolute atomic E-state index is 12.6. The lowest BCUT2D eigenvalue weighted by molar-refractivity contribution is 0.0672.